The molecule has 112 valence electrons. The quantitative estimate of drug-likeness (QED) is 0.857. The Labute approximate surface area is 116 Å². The van der Waals surface area contributed by atoms with E-state index in [0.29, 0.717) is 19.0 Å². The molecule has 0 aromatic carbocycles. The van der Waals surface area contributed by atoms with Crippen molar-refractivity contribution in [3.8, 4) is 0 Å². The van der Waals surface area contributed by atoms with Crippen molar-refractivity contribution in [1.29, 1.82) is 0 Å². The van der Waals surface area contributed by atoms with Crippen LogP contribution in [0.2, 0.25) is 0 Å². The summed E-state index contributed by atoms with van der Waals surface area (Å²) in [6.45, 7) is 6.92. The normalized spacial score (nSPS) is 38.3. The van der Waals surface area contributed by atoms with E-state index in [4.69, 9.17) is 4.74 Å². The van der Waals surface area contributed by atoms with Gasteiger partial charge in [-0.1, -0.05) is 19.8 Å². The predicted octanol–water partition coefficient (Wildman–Crippen LogP) is 1.51. The van der Waals surface area contributed by atoms with Gasteiger partial charge in [0.1, 0.15) is 0 Å². The molecule has 1 aliphatic carbocycles. The lowest BCUT2D eigenvalue weighted by Gasteiger charge is -2.36. The summed E-state index contributed by atoms with van der Waals surface area (Å²) in [5.41, 5.74) is 0. The van der Waals surface area contributed by atoms with Gasteiger partial charge in [-0.3, -0.25) is 0 Å². The van der Waals surface area contributed by atoms with Gasteiger partial charge in [0, 0.05) is 19.1 Å². The number of rotatable bonds is 3. The average Bonchev–Trinajstić information content (AvgIpc) is 2.26. The minimum Gasteiger partial charge on any atom is -0.373 e. The Hall–Kier alpha value is -0.170. The van der Waals surface area contributed by atoms with Gasteiger partial charge in [-0.15, -0.1) is 0 Å². The molecule has 1 aliphatic heterocycles. The fourth-order valence-corrected chi connectivity index (χ4v) is 4.75. The van der Waals surface area contributed by atoms with Crippen LogP contribution in [0, 0.1) is 5.92 Å². The van der Waals surface area contributed by atoms with E-state index in [1.807, 2.05) is 13.8 Å². The number of hydrogen-bond acceptors (Lipinski definition) is 3. The average molecular weight is 290 g/mol. The summed E-state index contributed by atoms with van der Waals surface area (Å²) in [5.74, 6) is 0.615. The zero-order valence-electron chi connectivity index (χ0n) is 12.1. The second-order valence-corrected chi connectivity index (χ2v) is 7.87. The molecule has 0 amide bonds. The van der Waals surface area contributed by atoms with Gasteiger partial charge in [0.15, 0.2) is 0 Å². The van der Waals surface area contributed by atoms with Crippen LogP contribution < -0.4 is 4.72 Å². The van der Waals surface area contributed by atoms with Gasteiger partial charge in [0.25, 0.3) is 10.2 Å². The minimum atomic E-state index is -3.37. The van der Waals surface area contributed by atoms with Crippen molar-refractivity contribution >= 4 is 10.2 Å². The van der Waals surface area contributed by atoms with Crippen molar-refractivity contribution in [3.63, 3.8) is 0 Å². The molecule has 0 aromatic rings. The molecular formula is C13H26N2O3S. The second kappa shape index (κ2) is 6.08. The largest absolute Gasteiger partial charge is 0.373 e. The molecule has 1 saturated heterocycles. The van der Waals surface area contributed by atoms with Gasteiger partial charge >= 0.3 is 0 Å². The molecule has 2 aliphatic rings. The Kier molecular flexibility index (Phi) is 4.87. The molecule has 0 spiro atoms. The highest BCUT2D eigenvalue weighted by atomic mass is 32.2. The first-order chi connectivity index (χ1) is 8.87. The van der Waals surface area contributed by atoms with Crippen molar-refractivity contribution in [1.82, 2.24) is 9.03 Å². The lowest BCUT2D eigenvalue weighted by atomic mass is 9.88. The molecule has 0 radical (unpaired) electrons. The van der Waals surface area contributed by atoms with E-state index in [9.17, 15) is 8.42 Å². The van der Waals surface area contributed by atoms with Crippen LogP contribution >= 0.6 is 0 Å². The van der Waals surface area contributed by atoms with E-state index in [1.54, 1.807) is 0 Å². The van der Waals surface area contributed by atoms with E-state index < -0.39 is 10.2 Å². The first-order valence-electron chi connectivity index (χ1n) is 7.29. The van der Waals surface area contributed by atoms with Crippen LogP contribution in [0.25, 0.3) is 0 Å². The lowest BCUT2D eigenvalue weighted by molar-refractivity contribution is -0.0445. The zero-order valence-corrected chi connectivity index (χ0v) is 12.9. The number of hydrogen-bond donors (Lipinski definition) is 1. The Morgan fingerprint density at radius 1 is 1.11 bits per heavy atom. The SMILES string of the molecule is CC1CCCC(NS(=O)(=O)N2CC(C)OC(C)C2)C1. The fourth-order valence-electron chi connectivity index (χ4n) is 3.15. The molecule has 2 fully saturated rings. The van der Waals surface area contributed by atoms with Crippen molar-refractivity contribution in [2.75, 3.05) is 13.1 Å². The Morgan fingerprint density at radius 2 is 1.74 bits per heavy atom. The van der Waals surface area contributed by atoms with Gasteiger partial charge in [-0.05, 0) is 32.6 Å². The lowest BCUT2D eigenvalue weighted by Crippen LogP contribution is -2.54. The minimum absolute atomic E-state index is 0.0365. The molecule has 1 saturated carbocycles. The number of ether oxygens (including phenoxy) is 1. The predicted molar refractivity (Wildman–Crippen MR) is 75.1 cm³/mol. The molecule has 0 aromatic heterocycles. The summed E-state index contributed by atoms with van der Waals surface area (Å²) < 4.78 is 34.8. The third-order valence-corrected chi connectivity index (χ3v) is 5.59. The highest BCUT2D eigenvalue weighted by Gasteiger charge is 2.33. The summed E-state index contributed by atoms with van der Waals surface area (Å²) in [5, 5.41) is 0. The highest BCUT2D eigenvalue weighted by molar-refractivity contribution is 7.87. The molecular weight excluding hydrogens is 264 g/mol. The van der Waals surface area contributed by atoms with E-state index in [1.165, 1.54) is 10.7 Å². The van der Waals surface area contributed by atoms with Crippen LogP contribution in [-0.4, -0.2) is 44.1 Å². The van der Waals surface area contributed by atoms with Crippen LogP contribution in [0.5, 0.6) is 0 Å². The third kappa shape index (κ3) is 4.15. The Bertz CT molecular complexity index is 389. The van der Waals surface area contributed by atoms with Gasteiger partial charge in [0.05, 0.1) is 12.2 Å². The molecule has 2 rings (SSSR count). The van der Waals surface area contributed by atoms with Crippen molar-refractivity contribution in [3.05, 3.63) is 0 Å². The van der Waals surface area contributed by atoms with E-state index in [-0.39, 0.29) is 18.2 Å². The molecule has 4 atom stereocenters. The van der Waals surface area contributed by atoms with Crippen LogP contribution in [-0.2, 0) is 14.9 Å². The number of nitrogens with one attached hydrogen (secondary N) is 1. The summed E-state index contributed by atoms with van der Waals surface area (Å²) in [6.07, 6.45) is 4.16. The first kappa shape index (κ1) is 15.2. The van der Waals surface area contributed by atoms with Gasteiger partial charge in [0.2, 0.25) is 0 Å². The van der Waals surface area contributed by atoms with Crippen LogP contribution in [0.3, 0.4) is 0 Å². The van der Waals surface area contributed by atoms with Gasteiger partial charge in [-0.25, -0.2) is 0 Å². The summed E-state index contributed by atoms with van der Waals surface area (Å²) in [6, 6.07) is 0.0993. The number of nitrogens with zero attached hydrogens (tertiary/aromatic N) is 1. The van der Waals surface area contributed by atoms with E-state index in [0.717, 1.165) is 19.3 Å². The third-order valence-electron chi connectivity index (χ3n) is 3.98. The van der Waals surface area contributed by atoms with Crippen molar-refractivity contribution in [2.24, 2.45) is 5.92 Å². The smallest absolute Gasteiger partial charge is 0.279 e. The molecule has 1 heterocycles. The maximum absolute atomic E-state index is 12.4. The zero-order chi connectivity index (χ0) is 14.0. The Morgan fingerprint density at radius 3 is 2.32 bits per heavy atom. The monoisotopic (exact) mass is 290 g/mol. The summed E-state index contributed by atoms with van der Waals surface area (Å²) >= 11 is 0. The summed E-state index contributed by atoms with van der Waals surface area (Å²) in [7, 11) is -3.37. The first-order valence-corrected chi connectivity index (χ1v) is 8.73. The standard InChI is InChI=1S/C13H26N2O3S/c1-10-5-4-6-13(7-10)14-19(16,17)15-8-11(2)18-12(3)9-15/h10-14H,4-9H2,1-3H3. The molecule has 19 heavy (non-hydrogen) atoms. The highest BCUT2D eigenvalue weighted by Crippen LogP contribution is 2.24. The second-order valence-electron chi connectivity index (χ2n) is 6.17. The molecule has 1 N–H and O–H groups in total. The van der Waals surface area contributed by atoms with E-state index in [2.05, 4.69) is 11.6 Å². The topological polar surface area (TPSA) is 58.6 Å². The van der Waals surface area contributed by atoms with Crippen LogP contribution in [0.4, 0.5) is 0 Å². The van der Waals surface area contributed by atoms with E-state index >= 15 is 0 Å². The van der Waals surface area contributed by atoms with Gasteiger partial charge in [-0.2, -0.15) is 17.4 Å². The fraction of sp³-hybridized carbons (Fsp3) is 1.00. The molecule has 6 heteroatoms. The molecule has 5 nitrogen and oxygen atoms in total. The van der Waals surface area contributed by atoms with Gasteiger partial charge < -0.3 is 4.74 Å². The van der Waals surface area contributed by atoms with Crippen LogP contribution in [0.1, 0.15) is 46.5 Å². The van der Waals surface area contributed by atoms with Crippen molar-refractivity contribution in [2.45, 2.75) is 64.7 Å². The number of morpholine rings is 1. The van der Waals surface area contributed by atoms with Crippen LogP contribution in [0.15, 0.2) is 0 Å². The Balaban J connectivity index is 1.97. The summed E-state index contributed by atoms with van der Waals surface area (Å²) in [4.78, 5) is 0. The maximum atomic E-state index is 12.4. The molecule has 0 bridgehead atoms. The molecule has 4 unspecified atom stereocenters. The van der Waals surface area contributed by atoms with Crippen molar-refractivity contribution < 1.29 is 13.2 Å². The maximum Gasteiger partial charge on any atom is 0.279 e.